The molecule has 1 aromatic rings. The highest BCUT2D eigenvalue weighted by atomic mass is 16.3. The minimum atomic E-state index is -0.885. The van der Waals surface area contributed by atoms with Crippen LogP contribution in [0, 0.1) is 0 Å². The maximum Gasteiger partial charge on any atom is 0.0899 e. The number of rotatable bonds is 7. The summed E-state index contributed by atoms with van der Waals surface area (Å²) < 4.78 is 0. The fourth-order valence-corrected chi connectivity index (χ4v) is 1.85. The molecule has 0 aromatic heterocycles. The van der Waals surface area contributed by atoms with Crippen LogP contribution in [0.4, 0.5) is 5.69 Å². The molecular formula is C17H23NO. The van der Waals surface area contributed by atoms with Crippen LogP contribution in [-0.4, -0.2) is 24.8 Å². The molecule has 102 valence electrons. The zero-order chi connectivity index (χ0) is 14.3. The van der Waals surface area contributed by atoms with Crippen LogP contribution in [0.5, 0.6) is 0 Å². The second-order valence-electron chi connectivity index (χ2n) is 4.91. The number of aliphatic hydroxyl groups is 1. The Bertz CT molecular complexity index is 433. The van der Waals surface area contributed by atoms with Gasteiger partial charge in [-0.1, -0.05) is 36.4 Å². The second kappa shape index (κ2) is 6.95. The van der Waals surface area contributed by atoms with E-state index in [9.17, 15) is 5.11 Å². The van der Waals surface area contributed by atoms with Gasteiger partial charge in [0, 0.05) is 19.8 Å². The van der Waals surface area contributed by atoms with Crippen molar-refractivity contribution in [1.82, 2.24) is 0 Å². The van der Waals surface area contributed by atoms with Gasteiger partial charge in [0.15, 0.2) is 0 Å². The van der Waals surface area contributed by atoms with Gasteiger partial charge in [0.2, 0.25) is 0 Å². The van der Waals surface area contributed by atoms with Crippen molar-refractivity contribution < 1.29 is 5.11 Å². The molecule has 1 N–H and O–H groups in total. The van der Waals surface area contributed by atoms with E-state index in [1.807, 2.05) is 38.4 Å². The Morgan fingerprint density at radius 1 is 1.11 bits per heavy atom. The highest BCUT2D eigenvalue weighted by molar-refractivity contribution is 5.56. The molecule has 1 aromatic carbocycles. The third-order valence-electron chi connectivity index (χ3n) is 2.99. The Hall–Kier alpha value is -1.80. The molecule has 0 saturated heterocycles. The first-order valence-corrected chi connectivity index (χ1v) is 6.41. The maximum atomic E-state index is 10.4. The molecule has 2 heteroatoms. The van der Waals surface area contributed by atoms with E-state index in [4.69, 9.17) is 0 Å². The van der Waals surface area contributed by atoms with Gasteiger partial charge in [-0.3, -0.25) is 0 Å². The SMILES string of the molecule is C=CCC(O)(/C=C/c1ccc(N(C)C)cc1)CC=C. The summed E-state index contributed by atoms with van der Waals surface area (Å²) in [7, 11) is 4.02. The molecule has 1 rings (SSSR count). The lowest BCUT2D eigenvalue weighted by Gasteiger charge is -2.21. The Morgan fingerprint density at radius 2 is 1.63 bits per heavy atom. The zero-order valence-electron chi connectivity index (χ0n) is 11.8. The molecule has 2 nitrogen and oxygen atoms in total. The fraction of sp³-hybridized carbons (Fsp3) is 0.294. The Balaban J connectivity index is 2.83. The van der Waals surface area contributed by atoms with Crippen LogP contribution in [0.25, 0.3) is 6.08 Å². The van der Waals surface area contributed by atoms with Crippen LogP contribution in [0.2, 0.25) is 0 Å². The summed E-state index contributed by atoms with van der Waals surface area (Å²) in [4.78, 5) is 2.05. The topological polar surface area (TPSA) is 23.5 Å². The smallest absolute Gasteiger partial charge is 0.0899 e. The van der Waals surface area contributed by atoms with Crippen LogP contribution >= 0.6 is 0 Å². The van der Waals surface area contributed by atoms with Gasteiger partial charge in [-0.05, 0) is 30.5 Å². The quantitative estimate of drug-likeness (QED) is 0.754. The maximum absolute atomic E-state index is 10.4. The van der Waals surface area contributed by atoms with Crippen molar-refractivity contribution in [3.63, 3.8) is 0 Å². The molecule has 0 atom stereocenters. The normalized spacial score (nSPS) is 11.5. The van der Waals surface area contributed by atoms with Gasteiger partial charge in [-0.2, -0.15) is 0 Å². The molecule has 19 heavy (non-hydrogen) atoms. The number of anilines is 1. The Kier molecular flexibility index (Phi) is 5.58. The van der Waals surface area contributed by atoms with Crippen LogP contribution in [0.3, 0.4) is 0 Å². The number of hydrogen-bond donors (Lipinski definition) is 1. The predicted octanol–water partition coefficient (Wildman–Crippen LogP) is 3.65. The number of hydrogen-bond acceptors (Lipinski definition) is 2. The van der Waals surface area contributed by atoms with E-state index in [1.54, 1.807) is 12.2 Å². The molecule has 0 fully saturated rings. The minimum absolute atomic E-state index is 0.519. The molecule has 0 bridgehead atoms. The van der Waals surface area contributed by atoms with E-state index < -0.39 is 5.60 Å². The van der Waals surface area contributed by atoms with Gasteiger partial charge in [-0.15, -0.1) is 13.2 Å². The van der Waals surface area contributed by atoms with Gasteiger partial charge < -0.3 is 10.0 Å². The van der Waals surface area contributed by atoms with Crippen molar-refractivity contribution in [2.75, 3.05) is 19.0 Å². The van der Waals surface area contributed by atoms with Gasteiger partial charge >= 0.3 is 0 Å². The molecular weight excluding hydrogens is 234 g/mol. The average molecular weight is 257 g/mol. The highest BCUT2D eigenvalue weighted by Crippen LogP contribution is 2.21. The number of benzene rings is 1. The molecule has 0 heterocycles. The molecule has 0 aliphatic carbocycles. The summed E-state index contributed by atoms with van der Waals surface area (Å²) in [5, 5.41) is 10.4. The molecule has 0 amide bonds. The molecule has 0 aliphatic heterocycles. The molecule has 0 unspecified atom stereocenters. The summed E-state index contributed by atoms with van der Waals surface area (Å²) in [6.45, 7) is 7.36. The van der Waals surface area contributed by atoms with Crippen LogP contribution in [0.1, 0.15) is 18.4 Å². The minimum Gasteiger partial charge on any atom is -0.385 e. The highest BCUT2D eigenvalue weighted by Gasteiger charge is 2.19. The summed E-state index contributed by atoms with van der Waals surface area (Å²) in [6.07, 6.45) is 8.25. The summed E-state index contributed by atoms with van der Waals surface area (Å²) in [6, 6.07) is 8.18. The molecule has 0 aliphatic rings. The van der Waals surface area contributed by atoms with E-state index >= 15 is 0 Å². The van der Waals surface area contributed by atoms with Crippen LogP contribution < -0.4 is 4.90 Å². The molecule has 0 spiro atoms. The van der Waals surface area contributed by atoms with Crippen molar-refractivity contribution in [3.05, 3.63) is 61.2 Å². The molecule has 0 saturated carbocycles. The Morgan fingerprint density at radius 3 is 2.05 bits per heavy atom. The first kappa shape index (κ1) is 15.3. The molecule has 0 radical (unpaired) electrons. The van der Waals surface area contributed by atoms with E-state index in [-0.39, 0.29) is 0 Å². The second-order valence-corrected chi connectivity index (χ2v) is 4.91. The van der Waals surface area contributed by atoms with Crippen LogP contribution in [0.15, 0.2) is 55.7 Å². The van der Waals surface area contributed by atoms with E-state index in [2.05, 4.69) is 30.2 Å². The predicted molar refractivity (Wildman–Crippen MR) is 84.4 cm³/mol. The van der Waals surface area contributed by atoms with Crippen molar-refractivity contribution in [2.45, 2.75) is 18.4 Å². The largest absolute Gasteiger partial charge is 0.385 e. The van der Waals surface area contributed by atoms with Crippen LogP contribution in [-0.2, 0) is 0 Å². The van der Waals surface area contributed by atoms with Gasteiger partial charge in [0.1, 0.15) is 0 Å². The van der Waals surface area contributed by atoms with Crippen molar-refractivity contribution in [2.24, 2.45) is 0 Å². The number of nitrogens with zero attached hydrogens (tertiary/aromatic N) is 1. The van der Waals surface area contributed by atoms with Gasteiger partial charge in [0.05, 0.1) is 5.60 Å². The summed E-state index contributed by atoms with van der Waals surface area (Å²) >= 11 is 0. The van der Waals surface area contributed by atoms with Gasteiger partial charge in [0.25, 0.3) is 0 Å². The van der Waals surface area contributed by atoms with Gasteiger partial charge in [-0.25, -0.2) is 0 Å². The fourth-order valence-electron chi connectivity index (χ4n) is 1.85. The van der Waals surface area contributed by atoms with Crippen molar-refractivity contribution >= 4 is 11.8 Å². The lowest BCUT2D eigenvalue weighted by molar-refractivity contribution is 0.0986. The monoisotopic (exact) mass is 257 g/mol. The average Bonchev–Trinajstić information content (AvgIpc) is 2.37. The van der Waals surface area contributed by atoms with Crippen molar-refractivity contribution in [1.29, 1.82) is 0 Å². The third kappa shape index (κ3) is 4.76. The van der Waals surface area contributed by atoms with Crippen molar-refractivity contribution in [3.8, 4) is 0 Å². The first-order valence-electron chi connectivity index (χ1n) is 6.41. The zero-order valence-corrected chi connectivity index (χ0v) is 11.8. The van der Waals surface area contributed by atoms with E-state index in [0.29, 0.717) is 12.8 Å². The lowest BCUT2D eigenvalue weighted by Crippen LogP contribution is -2.23. The Labute approximate surface area is 116 Å². The standard InChI is InChI=1S/C17H23NO/c1-5-12-17(19,13-6-2)14-11-15-7-9-16(10-8-15)18(3)4/h5-11,14,19H,1-2,12-13H2,3-4H3/b14-11+. The summed E-state index contributed by atoms with van der Waals surface area (Å²) in [5.41, 5.74) is 1.34. The first-order chi connectivity index (χ1) is 9.00. The van der Waals surface area contributed by atoms with E-state index in [0.717, 1.165) is 11.3 Å². The lowest BCUT2D eigenvalue weighted by atomic mass is 9.94. The third-order valence-corrected chi connectivity index (χ3v) is 2.99. The van der Waals surface area contributed by atoms with E-state index in [1.165, 1.54) is 0 Å². The summed E-state index contributed by atoms with van der Waals surface area (Å²) in [5.74, 6) is 0.